The third kappa shape index (κ3) is 2.98. The molecule has 0 atom stereocenters. The van der Waals surface area contributed by atoms with Gasteiger partial charge in [0.15, 0.2) is 5.78 Å². The molecule has 0 saturated heterocycles. The first-order valence-electron chi connectivity index (χ1n) is 4.23. The standard InChI is InChI=1S/C12H11FO/c1-9(2)12(14)8-5-10-3-6-11(13)7-4-10/h3-8H,1H2,2H3/b8-5+. The number of rotatable bonds is 3. The Morgan fingerprint density at radius 2 is 1.93 bits per heavy atom. The van der Waals surface area contributed by atoms with Crippen molar-refractivity contribution < 1.29 is 9.18 Å². The van der Waals surface area contributed by atoms with E-state index in [0.717, 1.165) is 5.56 Å². The summed E-state index contributed by atoms with van der Waals surface area (Å²) < 4.78 is 12.5. The maximum absolute atomic E-state index is 12.5. The fourth-order valence-electron chi connectivity index (χ4n) is 0.888. The first-order valence-corrected chi connectivity index (χ1v) is 4.23. The quantitative estimate of drug-likeness (QED) is 0.669. The van der Waals surface area contributed by atoms with Crippen LogP contribution in [0.1, 0.15) is 12.5 Å². The summed E-state index contributed by atoms with van der Waals surface area (Å²) in [5.74, 6) is -0.400. The van der Waals surface area contributed by atoms with Crippen LogP contribution in [0.3, 0.4) is 0 Å². The van der Waals surface area contributed by atoms with Crippen LogP contribution >= 0.6 is 0 Å². The summed E-state index contributed by atoms with van der Waals surface area (Å²) in [6, 6.07) is 5.92. The highest BCUT2D eigenvalue weighted by atomic mass is 19.1. The van der Waals surface area contributed by atoms with Crippen LogP contribution in [0.15, 0.2) is 42.5 Å². The molecule has 0 spiro atoms. The van der Waals surface area contributed by atoms with Crippen molar-refractivity contribution >= 4 is 11.9 Å². The van der Waals surface area contributed by atoms with Gasteiger partial charge < -0.3 is 0 Å². The second-order valence-corrected chi connectivity index (χ2v) is 3.03. The van der Waals surface area contributed by atoms with Crippen LogP contribution in [0.4, 0.5) is 4.39 Å². The zero-order chi connectivity index (χ0) is 10.6. The second kappa shape index (κ2) is 4.51. The van der Waals surface area contributed by atoms with Gasteiger partial charge in [-0.3, -0.25) is 4.79 Å². The minimum Gasteiger partial charge on any atom is -0.290 e. The van der Waals surface area contributed by atoms with Crippen LogP contribution in [0.5, 0.6) is 0 Å². The Morgan fingerprint density at radius 1 is 1.36 bits per heavy atom. The van der Waals surface area contributed by atoms with E-state index in [9.17, 15) is 9.18 Å². The van der Waals surface area contributed by atoms with E-state index >= 15 is 0 Å². The molecule has 2 heteroatoms. The van der Waals surface area contributed by atoms with Crippen molar-refractivity contribution in [2.24, 2.45) is 0 Å². The summed E-state index contributed by atoms with van der Waals surface area (Å²) in [5.41, 5.74) is 1.28. The first-order chi connectivity index (χ1) is 6.59. The van der Waals surface area contributed by atoms with Crippen LogP contribution < -0.4 is 0 Å². The molecule has 0 unspecified atom stereocenters. The van der Waals surface area contributed by atoms with Gasteiger partial charge in [0.05, 0.1) is 0 Å². The normalized spacial score (nSPS) is 10.4. The van der Waals surface area contributed by atoms with Crippen molar-refractivity contribution in [3.63, 3.8) is 0 Å². The Labute approximate surface area is 82.6 Å². The molecule has 0 aliphatic carbocycles. The Kier molecular flexibility index (Phi) is 3.35. The molecule has 0 bridgehead atoms. The maximum atomic E-state index is 12.5. The zero-order valence-corrected chi connectivity index (χ0v) is 7.96. The van der Waals surface area contributed by atoms with Crippen molar-refractivity contribution in [3.05, 3.63) is 53.9 Å². The fourth-order valence-corrected chi connectivity index (χ4v) is 0.888. The van der Waals surface area contributed by atoms with Gasteiger partial charge in [0.1, 0.15) is 5.82 Å². The van der Waals surface area contributed by atoms with Gasteiger partial charge in [-0.2, -0.15) is 0 Å². The van der Waals surface area contributed by atoms with E-state index in [2.05, 4.69) is 6.58 Å². The first kappa shape index (κ1) is 10.4. The van der Waals surface area contributed by atoms with Crippen LogP contribution in [0.25, 0.3) is 6.08 Å². The molecule has 0 aliphatic heterocycles. The van der Waals surface area contributed by atoms with Gasteiger partial charge in [0.2, 0.25) is 0 Å². The summed E-state index contributed by atoms with van der Waals surface area (Å²) in [6.45, 7) is 5.17. The second-order valence-electron chi connectivity index (χ2n) is 3.03. The van der Waals surface area contributed by atoms with Gasteiger partial charge in [-0.05, 0) is 36.3 Å². The predicted molar refractivity (Wildman–Crippen MR) is 55.3 cm³/mol. The van der Waals surface area contributed by atoms with Gasteiger partial charge in [-0.1, -0.05) is 24.8 Å². The van der Waals surface area contributed by atoms with Crippen LogP contribution in [0.2, 0.25) is 0 Å². The molecular formula is C12H11FO. The average molecular weight is 190 g/mol. The summed E-state index contributed by atoms with van der Waals surface area (Å²) in [6.07, 6.45) is 3.06. The molecule has 1 rings (SSSR count). The van der Waals surface area contributed by atoms with E-state index in [-0.39, 0.29) is 11.6 Å². The fraction of sp³-hybridized carbons (Fsp3) is 0.0833. The molecule has 1 aromatic rings. The Morgan fingerprint density at radius 3 is 2.43 bits per heavy atom. The molecule has 1 aromatic carbocycles. The zero-order valence-electron chi connectivity index (χ0n) is 7.96. The SMILES string of the molecule is C=C(C)C(=O)/C=C/c1ccc(F)cc1. The van der Waals surface area contributed by atoms with Gasteiger partial charge in [0, 0.05) is 0 Å². The summed E-state index contributed by atoms with van der Waals surface area (Å²) >= 11 is 0. The van der Waals surface area contributed by atoms with Crippen molar-refractivity contribution in [2.75, 3.05) is 0 Å². The highest BCUT2D eigenvalue weighted by molar-refractivity contribution is 6.05. The summed E-state index contributed by atoms with van der Waals surface area (Å²) in [5, 5.41) is 0. The van der Waals surface area contributed by atoms with Crippen molar-refractivity contribution in [1.82, 2.24) is 0 Å². The number of carbonyl (C=O) groups is 1. The van der Waals surface area contributed by atoms with Crippen LogP contribution in [-0.2, 0) is 4.79 Å². The molecule has 0 aromatic heterocycles. The lowest BCUT2D eigenvalue weighted by Crippen LogP contribution is -1.91. The third-order valence-corrected chi connectivity index (χ3v) is 1.72. The monoisotopic (exact) mass is 190 g/mol. The number of ketones is 1. The molecule has 0 amide bonds. The van der Waals surface area contributed by atoms with Crippen molar-refractivity contribution in [2.45, 2.75) is 6.92 Å². The number of hydrogen-bond donors (Lipinski definition) is 0. The van der Waals surface area contributed by atoms with E-state index < -0.39 is 0 Å². The van der Waals surface area contributed by atoms with Crippen LogP contribution in [0, 0.1) is 5.82 Å². The van der Waals surface area contributed by atoms with E-state index in [1.807, 2.05) is 0 Å². The Hall–Kier alpha value is -1.70. The average Bonchev–Trinajstić information content (AvgIpc) is 2.16. The molecule has 0 radical (unpaired) electrons. The smallest absolute Gasteiger partial charge is 0.180 e. The minimum atomic E-state index is -0.284. The lowest BCUT2D eigenvalue weighted by molar-refractivity contribution is -0.111. The highest BCUT2D eigenvalue weighted by Crippen LogP contribution is 2.05. The molecule has 1 nitrogen and oxygen atoms in total. The molecule has 0 fully saturated rings. The number of benzene rings is 1. The van der Waals surface area contributed by atoms with E-state index in [1.165, 1.54) is 18.2 Å². The number of allylic oxidation sites excluding steroid dienone is 2. The molecule has 0 N–H and O–H groups in total. The third-order valence-electron chi connectivity index (χ3n) is 1.72. The van der Waals surface area contributed by atoms with Gasteiger partial charge in [-0.15, -0.1) is 0 Å². The van der Waals surface area contributed by atoms with Gasteiger partial charge >= 0.3 is 0 Å². The molecule has 0 saturated carbocycles. The summed E-state index contributed by atoms with van der Waals surface area (Å²) in [4.78, 5) is 11.1. The Balaban J connectivity index is 2.74. The molecular weight excluding hydrogens is 179 g/mol. The minimum absolute atomic E-state index is 0.116. The maximum Gasteiger partial charge on any atom is 0.180 e. The van der Waals surface area contributed by atoms with E-state index in [1.54, 1.807) is 25.1 Å². The van der Waals surface area contributed by atoms with Crippen molar-refractivity contribution in [3.8, 4) is 0 Å². The van der Waals surface area contributed by atoms with E-state index in [4.69, 9.17) is 0 Å². The topological polar surface area (TPSA) is 17.1 Å². The number of halogens is 1. The molecule has 0 aliphatic rings. The highest BCUT2D eigenvalue weighted by Gasteiger charge is 1.95. The van der Waals surface area contributed by atoms with E-state index in [0.29, 0.717) is 5.57 Å². The number of hydrogen-bond acceptors (Lipinski definition) is 1. The lowest BCUT2D eigenvalue weighted by Gasteiger charge is -1.93. The molecule has 14 heavy (non-hydrogen) atoms. The predicted octanol–water partition coefficient (Wildman–Crippen LogP) is 2.98. The van der Waals surface area contributed by atoms with Crippen LogP contribution in [-0.4, -0.2) is 5.78 Å². The summed E-state index contributed by atoms with van der Waals surface area (Å²) in [7, 11) is 0. The molecule has 72 valence electrons. The lowest BCUT2D eigenvalue weighted by atomic mass is 10.1. The molecule has 0 heterocycles. The van der Waals surface area contributed by atoms with Gasteiger partial charge in [0.25, 0.3) is 0 Å². The van der Waals surface area contributed by atoms with Crippen molar-refractivity contribution in [1.29, 1.82) is 0 Å². The largest absolute Gasteiger partial charge is 0.290 e. The Bertz CT molecular complexity index is 374. The number of carbonyl (C=O) groups excluding carboxylic acids is 1. The van der Waals surface area contributed by atoms with Gasteiger partial charge in [-0.25, -0.2) is 4.39 Å².